The van der Waals surface area contributed by atoms with Crippen LogP contribution in [0.15, 0.2) is 46.9 Å². The zero-order valence-corrected chi connectivity index (χ0v) is 12.6. The molecule has 0 atom stereocenters. The van der Waals surface area contributed by atoms with E-state index >= 15 is 0 Å². The standard InChI is InChI=1S/C16H15N3OS/c1-11-13(12-6-3-4-7-14(12)19(11)2)10-17-18-16(20)15-8-5-9-21-15/h3-10H,1-2H3,(H,18,20)/b17-10+. The number of fused-ring (bicyclic) bond motifs is 1. The molecule has 21 heavy (non-hydrogen) atoms. The minimum Gasteiger partial charge on any atom is -0.347 e. The van der Waals surface area contributed by atoms with Crippen molar-refractivity contribution in [2.24, 2.45) is 12.1 Å². The maximum Gasteiger partial charge on any atom is 0.281 e. The summed E-state index contributed by atoms with van der Waals surface area (Å²) in [5, 5.41) is 7.09. The highest BCUT2D eigenvalue weighted by molar-refractivity contribution is 7.12. The van der Waals surface area contributed by atoms with E-state index in [1.807, 2.05) is 37.6 Å². The van der Waals surface area contributed by atoms with E-state index in [1.165, 1.54) is 11.3 Å². The SMILES string of the molecule is Cc1c(/C=N/NC(=O)c2cccs2)c2ccccc2n1C. The Morgan fingerprint density at radius 2 is 2.10 bits per heavy atom. The summed E-state index contributed by atoms with van der Waals surface area (Å²) in [5.74, 6) is -0.181. The van der Waals surface area contributed by atoms with Gasteiger partial charge in [0.15, 0.2) is 0 Å². The average molecular weight is 297 g/mol. The average Bonchev–Trinajstić information content (AvgIpc) is 3.11. The van der Waals surface area contributed by atoms with Crippen molar-refractivity contribution in [2.75, 3.05) is 0 Å². The van der Waals surface area contributed by atoms with Gasteiger partial charge in [0.25, 0.3) is 5.91 Å². The summed E-state index contributed by atoms with van der Waals surface area (Å²) in [6.07, 6.45) is 1.71. The molecule has 1 N–H and O–H groups in total. The van der Waals surface area contributed by atoms with E-state index in [9.17, 15) is 4.79 Å². The van der Waals surface area contributed by atoms with Crippen molar-refractivity contribution in [2.45, 2.75) is 6.92 Å². The number of benzene rings is 1. The zero-order chi connectivity index (χ0) is 14.8. The first-order valence-electron chi connectivity index (χ1n) is 6.59. The predicted octanol–water partition coefficient (Wildman–Crippen LogP) is 3.31. The van der Waals surface area contributed by atoms with Gasteiger partial charge >= 0.3 is 0 Å². The number of para-hydroxylation sites is 1. The maximum atomic E-state index is 11.8. The molecule has 2 aromatic heterocycles. The van der Waals surface area contributed by atoms with Crippen LogP contribution in [0.3, 0.4) is 0 Å². The Balaban J connectivity index is 1.87. The maximum absolute atomic E-state index is 11.8. The first-order valence-corrected chi connectivity index (χ1v) is 7.47. The second kappa shape index (κ2) is 5.54. The number of carbonyl (C=O) groups excluding carboxylic acids is 1. The number of hydrazone groups is 1. The fourth-order valence-electron chi connectivity index (χ4n) is 2.33. The summed E-state index contributed by atoms with van der Waals surface area (Å²) in [6.45, 7) is 2.04. The molecule has 0 aliphatic heterocycles. The molecule has 0 aliphatic carbocycles. The first kappa shape index (κ1) is 13.6. The molecule has 0 radical (unpaired) electrons. The Hall–Kier alpha value is -2.40. The van der Waals surface area contributed by atoms with Gasteiger partial charge in [-0.25, -0.2) is 5.43 Å². The monoisotopic (exact) mass is 297 g/mol. The van der Waals surface area contributed by atoms with E-state index in [1.54, 1.807) is 12.3 Å². The van der Waals surface area contributed by atoms with Gasteiger partial charge in [0, 0.05) is 29.2 Å². The molecule has 0 saturated carbocycles. The molecule has 0 aliphatic rings. The molecule has 0 bridgehead atoms. The minimum absolute atomic E-state index is 0.181. The lowest BCUT2D eigenvalue weighted by molar-refractivity contribution is 0.0959. The van der Waals surface area contributed by atoms with Gasteiger partial charge in [-0.3, -0.25) is 4.79 Å². The molecule has 0 saturated heterocycles. The van der Waals surface area contributed by atoms with Gasteiger partial charge in [-0.1, -0.05) is 24.3 Å². The van der Waals surface area contributed by atoms with Gasteiger partial charge in [-0.2, -0.15) is 5.10 Å². The number of carbonyl (C=O) groups is 1. The number of hydrogen-bond acceptors (Lipinski definition) is 3. The Labute approximate surface area is 126 Å². The number of nitrogens with one attached hydrogen (secondary N) is 1. The van der Waals surface area contributed by atoms with E-state index < -0.39 is 0 Å². The van der Waals surface area contributed by atoms with Gasteiger partial charge in [0.05, 0.1) is 11.1 Å². The van der Waals surface area contributed by atoms with Gasteiger partial charge < -0.3 is 4.57 Å². The highest BCUT2D eigenvalue weighted by atomic mass is 32.1. The van der Waals surface area contributed by atoms with Gasteiger partial charge in [0.1, 0.15) is 0 Å². The third kappa shape index (κ3) is 2.48. The summed E-state index contributed by atoms with van der Waals surface area (Å²) in [7, 11) is 2.03. The molecular weight excluding hydrogens is 282 g/mol. The fraction of sp³-hybridized carbons (Fsp3) is 0.125. The second-order valence-electron chi connectivity index (χ2n) is 4.75. The van der Waals surface area contributed by atoms with Crippen LogP contribution in [0.4, 0.5) is 0 Å². The highest BCUT2D eigenvalue weighted by Gasteiger charge is 2.09. The lowest BCUT2D eigenvalue weighted by atomic mass is 10.1. The Morgan fingerprint density at radius 3 is 2.86 bits per heavy atom. The van der Waals surface area contributed by atoms with Crippen LogP contribution in [0, 0.1) is 6.92 Å². The lowest BCUT2D eigenvalue weighted by Crippen LogP contribution is -2.16. The van der Waals surface area contributed by atoms with Crippen LogP contribution in [0.1, 0.15) is 20.9 Å². The summed E-state index contributed by atoms with van der Waals surface area (Å²) in [5.41, 5.74) is 5.86. The van der Waals surface area contributed by atoms with Gasteiger partial charge in [-0.15, -0.1) is 11.3 Å². The lowest BCUT2D eigenvalue weighted by Gasteiger charge is -1.98. The molecule has 2 heterocycles. The molecule has 3 aromatic rings. The van der Waals surface area contributed by atoms with Crippen LogP contribution in [0.25, 0.3) is 10.9 Å². The summed E-state index contributed by atoms with van der Waals surface area (Å²) in [4.78, 5) is 12.5. The van der Waals surface area contributed by atoms with Crippen molar-refractivity contribution in [1.82, 2.24) is 9.99 Å². The number of rotatable bonds is 3. The molecule has 3 rings (SSSR count). The molecule has 4 nitrogen and oxygen atoms in total. The van der Waals surface area contributed by atoms with Crippen molar-refractivity contribution >= 4 is 34.4 Å². The number of aromatic nitrogens is 1. The third-order valence-corrected chi connectivity index (χ3v) is 4.42. The smallest absolute Gasteiger partial charge is 0.281 e. The highest BCUT2D eigenvalue weighted by Crippen LogP contribution is 2.22. The topological polar surface area (TPSA) is 46.4 Å². The van der Waals surface area contributed by atoms with Gasteiger partial charge in [-0.05, 0) is 24.4 Å². The molecule has 0 fully saturated rings. The summed E-state index contributed by atoms with van der Waals surface area (Å²) in [6, 6.07) is 11.8. The van der Waals surface area contributed by atoms with Crippen LogP contribution >= 0.6 is 11.3 Å². The quantitative estimate of drug-likeness (QED) is 0.585. The Bertz CT molecular complexity index is 816. The number of aryl methyl sites for hydroxylation is 1. The number of nitrogens with zero attached hydrogens (tertiary/aromatic N) is 2. The van der Waals surface area contributed by atoms with Crippen LogP contribution in [0.2, 0.25) is 0 Å². The molecule has 5 heteroatoms. The van der Waals surface area contributed by atoms with Crippen molar-refractivity contribution in [3.05, 3.63) is 57.9 Å². The van der Waals surface area contributed by atoms with Crippen molar-refractivity contribution in [3.63, 3.8) is 0 Å². The Kier molecular flexibility index (Phi) is 3.58. The zero-order valence-electron chi connectivity index (χ0n) is 11.8. The van der Waals surface area contributed by atoms with E-state index in [0.29, 0.717) is 4.88 Å². The largest absolute Gasteiger partial charge is 0.347 e. The number of amides is 1. The van der Waals surface area contributed by atoms with Crippen molar-refractivity contribution in [3.8, 4) is 0 Å². The number of thiophene rings is 1. The molecule has 0 unspecified atom stereocenters. The van der Waals surface area contributed by atoms with Crippen molar-refractivity contribution < 1.29 is 4.79 Å². The van der Waals surface area contributed by atoms with Gasteiger partial charge in [0.2, 0.25) is 0 Å². The molecule has 0 spiro atoms. The molecule has 106 valence electrons. The minimum atomic E-state index is -0.181. The van der Waals surface area contributed by atoms with E-state index in [2.05, 4.69) is 27.2 Å². The van der Waals surface area contributed by atoms with Crippen molar-refractivity contribution in [1.29, 1.82) is 0 Å². The predicted molar refractivity (Wildman–Crippen MR) is 87.0 cm³/mol. The van der Waals surface area contributed by atoms with Crippen LogP contribution in [-0.2, 0) is 7.05 Å². The van der Waals surface area contributed by atoms with E-state index in [0.717, 1.165) is 22.2 Å². The van der Waals surface area contributed by atoms with Crippen LogP contribution in [0.5, 0.6) is 0 Å². The normalized spacial score (nSPS) is 11.3. The summed E-state index contributed by atoms with van der Waals surface area (Å²) < 4.78 is 2.12. The van der Waals surface area contributed by atoms with E-state index in [-0.39, 0.29) is 5.91 Å². The first-order chi connectivity index (χ1) is 10.2. The second-order valence-corrected chi connectivity index (χ2v) is 5.70. The molecular formula is C16H15N3OS. The van der Waals surface area contributed by atoms with Crippen LogP contribution in [-0.4, -0.2) is 16.7 Å². The van der Waals surface area contributed by atoms with Crippen LogP contribution < -0.4 is 5.43 Å². The number of hydrogen-bond donors (Lipinski definition) is 1. The Morgan fingerprint density at radius 1 is 1.29 bits per heavy atom. The molecule has 1 amide bonds. The summed E-state index contributed by atoms with van der Waals surface area (Å²) >= 11 is 1.40. The third-order valence-electron chi connectivity index (χ3n) is 3.55. The fourth-order valence-corrected chi connectivity index (χ4v) is 2.94. The molecule has 1 aromatic carbocycles. The van der Waals surface area contributed by atoms with E-state index in [4.69, 9.17) is 0 Å².